The molecule has 0 radical (unpaired) electrons. The third-order valence-electron chi connectivity index (χ3n) is 0.415. The average Bonchev–Trinajstić information content (AvgIpc) is 1.62. The fourth-order valence-corrected chi connectivity index (χ4v) is 0.214. The quantitative estimate of drug-likeness (QED) is 0.486. The first-order valence-electron chi connectivity index (χ1n) is 1.63. The molecule has 0 aromatic heterocycles. The van der Waals surface area contributed by atoms with Gasteiger partial charge in [0.25, 0.3) is 5.83 Å². The van der Waals surface area contributed by atoms with Gasteiger partial charge in [-0.15, -0.1) is 0 Å². The third-order valence-corrected chi connectivity index (χ3v) is 0.581. The summed E-state index contributed by atoms with van der Waals surface area (Å²) < 4.78 is 55.2. The summed E-state index contributed by atoms with van der Waals surface area (Å²) in [6.45, 7) is 0. The second-order valence-corrected chi connectivity index (χ2v) is 1.40. The first-order valence-corrected chi connectivity index (χ1v) is 2.01. The van der Waals surface area contributed by atoms with Crippen molar-refractivity contribution >= 4 is 11.6 Å². The van der Waals surface area contributed by atoms with Gasteiger partial charge in [0.1, 0.15) is 0 Å². The fourth-order valence-electron chi connectivity index (χ4n) is 0.107. The summed E-state index contributed by atoms with van der Waals surface area (Å²) in [7, 11) is 0. The molecule has 9 heavy (non-hydrogen) atoms. The molecule has 0 saturated carbocycles. The van der Waals surface area contributed by atoms with E-state index in [1.54, 1.807) is 0 Å². The molecule has 0 aromatic carbocycles. The van der Waals surface area contributed by atoms with E-state index in [0.717, 1.165) is 0 Å². The molecule has 0 unspecified atom stereocenters. The molecular formula is C3ClF5. The molecule has 0 aliphatic rings. The van der Waals surface area contributed by atoms with Gasteiger partial charge >= 0.3 is 6.18 Å². The molecule has 0 atom stereocenters. The van der Waals surface area contributed by atoms with Crippen molar-refractivity contribution in [1.82, 2.24) is 0 Å². The van der Waals surface area contributed by atoms with Crippen LogP contribution in [0.1, 0.15) is 0 Å². The molecule has 0 amide bonds. The summed E-state index contributed by atoms with van der Waals surface area (Å²) in [4.78, 5) is 0. The van der Waals surface area contributed by atoms with Crippen molar-refractivity contribution in [1.29, 1.82) is 0 Å². The van der Waals surface area contributed by atoms with E-state index < -0.39 is 17.3 Å². The number of hydrogen-bond donors (Lipinski definition) is 0. The number of rotatable bonds is 0. The summed E-state index contributed by atoms with van der Waals surface area (Å²) in [5.41, 5.74) is 0. The van der Waals surface area contributed by atoms with Gasteiger partial charge in [-0.3, -0.25) is 0 Å². The van der Waals surface area contributed by atoms with Gasteiger partial charge in [-0.2, -0.15) is 22.0 Å². The lowest BCUT2D eigenvalue weighted by Gasteiger charge is -1.99. The Balaban J connectivity index is 4.40. The molecule has 0 fully saturated rings. The van der Waals surface area contributed by atoms with Gasteiger partial charge in [-0.25, -0.2) is 0 Å². The number of hydrogen-bond acceptors (Lipinski definition) is 0. The largest absolute Gasteiger partial charge is 0.446 e. The molecule has 0 bridgehead atoms. The predicted octanol–water partition coefficient (Wildman–Crippen LogP) is 2.90. The maximum atomic E-state index is 11.3. The third kappa shape index (κ3) is 2.64. The van der Waals surface area contributed by atoms with Crippen molar-refractivity contribution in [2.45, 2.75) is 6.18 Å². The Hall–Kier alpha value is -0.320. The Bertz CT molecular complexity index is 130. The van der Waals surface area contributed by atoms with Crippen molar-refractivity contribution in [2.24, 2.45) is 0 Å². The Morgan fingerprint density at radius 3 is 1.44 bits per heavy atom. The molecule has 0 spiro atoms. The van der Waals surface area contributed by atoms with Crippen LogP contribution in [0.2, 0.25) is 0 Å². The van der Waals surface area contributed by atoms with Crippen LogP contribution in [-0.4, -0.2) is 6.18 Å². The van der Waals surface area contributed by atoms with Crippen molar-refractivity contribution in [3.8, 4) is 0 Å². The van der Waals surface area contributed by atoms with Crippen molar-refractivity contribution < 1.29 is 22.0 Å². The minimum atomic E-state index is -5.31. The van der Waals surface area contributed by atoms with E-state index in [4.69, 9.17) is 0 Å². The van der Waals surface area contributed by atoms with Gasteiger partial charge in [0.05, 0.1) is 0 Å². The van der Waals surface area contributed by atoms with Crippen molar-refractivity contribution in [2.75, 3.05) is 0 Å². The van der Waals surface area contributed by atoms with E-state index in [2.05, 4.69) is 11.6 Å². The normalized spacial score (nSPS) is 15.3. The first-order chi connectivity index (χ1) is 3.85. The van der Waals surface area contributed by atoms with Gasteiger partial charge in [-0.05, 0) is 11.6 Å². The second kappa shape index (κ2) is 2.51. The average molecular weight is 166 g/mol. The van der Waals surface area contributed by atoms with Crippen LogP contribution in [-0.2, 0) is 0 Å². The van der Waals surface area contributed by atoms with E-state index in [1.807, 2.05) is 0 Å². The lowest BCUT2D eigenvalue weighted by atomic mass is 10.6. The summed E-state index contributed by atoms with van der Waals surface area (Å²) >= 11 is 4.03. The zero-order valence-corrected chi connectivity index (χ0v) is 4.52. The summed E-state index contributed by atoms with van der Waals surface area (Å²) in [5.74, 6) is -2.90. The van der Waals surface area contributed by atoms with Crippen molar-refractivity contribution in [3.63, 3.8) is 0 Å². The van der Waals surface area contributed by atoms with Crippen LogP contribution < -0.4 is 0 Å². The molecule has 0 rings (SSSR count). The standard InChI is InChI=1S/C3ClF5/c4-2(6)1(5)3(7,8)9/b2-1+. The SMILES string of the molecule is F/C(Cl)=C(/F)C(F)(F)F. The van der Waals surface area contributed by atoms with E-state index in [-0.39, 0.29) is 0 Å². The zero-order valence-electron chi connectivity index (χ0n) is 3.77. The maximum absolute atomic E-state index is 11.3. The molecule has 6 heteroatoms. The minimum absolute atomic E-state index is 2.37. The van der Waals surface area contributed by atoms with Crippen LogP contribution in [0.4, 0.5) is 22.0 Å². The lowest BCUT2D eigenvalue weighted by Crippen LogP contribution is -2.08. The lowest BCUT2D eigenvalue weighted by molar-refractivity contribution is -0.110. The molecule has 0 aromatic rings. The van der Waals surface area contributed by atoms with Gasteiger partial charge < -0.3 is 0 Å². The molecule has 0 saturated heterocycles. The van der Waals surface area contributed by atoms with E-state index in [1.165, 1.54) is 0 Å². The highest BCUT2D eigenvalue weighted by molar-refractivity contribution is 6.28. The van der Waals surface area contributed by atoms with Gasteiger partial charge in [0, 0.05) is 0 Å². The van der Waals surface area contributed by atoms with Crippen LogP contribution in [0.5, 0.6) is 0 Å². The second-order valence-electron chi connectivity index (χ2n) is 1.07. The minimum Gasteiger partial charge on any atom is -0.197 e. The highest BCUT2D eigenvalue weighted by Gasteiger charge is 2.37. The van der Waals surface area contributed by atoms with Crippen LogP contribution in [0.3, 0.4) is 0 Å². The number of halogens is 6. The maximum Gasteiger partial charge on any atom is 0.446 e. The highest BCUT2D eigenvalue weighted by Crippen LogP contribution is 2.30. The summed E-state index contributed by atoms with van der Waals surface area (Å²) in [5, 5.41) is -2.37. The summed E-state index contributed by atoms with van der Waals surface area (Å²) in [6, 6.07) is 0. The topological polar surface area (TPSA) is 0 Å². The molecule has 0 N–H and O–H groups in total. The Morgan fingerprint density at radius 1 is 1.11 bits per heavy atom. The molecule has 0 aliphatic heterocycles. The van der Waals surface area contributed by atoms with Crippen LogP contribution >= 0.6 is 11.6 Å². The Labute approximate surface area is 51.9 Å². The Kier molecular flexibility index (Phi) is 2.42. The van der Waals surface area contributed by atoms with E-state index in [9.17, 15) is 22.0 Å². The molecule has 0 aliphatic carbocycles. The number of alkyl halides is 3. The van der Waals surface area contributed by atoms with Gasteiger partial charge in [0.15, 0.2) is 0 Å². The van der Waals surface area contributed by atoms with Crippen LogP contribution in [0.15, 0.2) is 11.1 Å². The first kappa shape index (κ1) is 8.68. The zero-order chi connectivity index (χ0) is 7.65. The van der Waals surface area contributed by atoms with E-state index in [0.29, 0.717) is 0 Å². The smallest absolute Gasteiger partial charge is 0.197 e. The molecule has 0 nitrogen and oxygen atoms in total. The fraction of sp³-hybridized carbons (Fsp3) is 0.333. The number of allylic oxidation sites excluding steroid dienone is 1. The Morgan fingerprint density at radius 2 is 1.44 bits per heavy atom. The van der Waals surface area contributed by atoms with Crippen LogP contribution in [0, 0.1) is 0 Å². The van der Waals surface area contributed by atoms with Crippen LogP contribution in [0.25, 0.3) is 0 Å². The van der Waals surface area contributed by atoms with Gasteiger partial charge in [0.2, 0.25) is 5.29 Å². The van der Waals surface area contributed by atoms with Gasteiger partial charge in [-0.1, -0.05) is 0 Å². The van der Waals surface area contributed by atoms with Crippen molar-refractivity contribution in [3.05, 3.63) is 11.1 Å². The highest BCUT2D eigenvalue weighted by atomic mass is 35.5. The predicted molar refractivity (Wildman–Crippen MR) is 21.2 cm³/mol. The molecule has 54 valence electrons. The monoisotopic (exact) mass is 166 g/mol. The van der Waals surface area contributed by atoms with E-state index >= 15 is 0 Å². The molecular weight excluding hydrogens is 166 g/mol. The molecule has 0 heterocycles. The summed E-state index contributed by atoms with van der Waals surface area (Å²) in [6.07, 6.45) is -5.31.